The molecule has 0 bridgehead atoms. The minimum absolute atomic E-state index is 0.219. The third-order valence-corrected chi connectivity index (χ3v) is 4.79. The summed E-state index contributed by atoms with van der Waals surface area (Å²) in [6, 6.07) is 15.2. The maximum Gasteiger partial charge on any atom is 0.251 e. The van der Waals surface area contributed by atoms with Crippen LogP contribution in [-0.4, -0.2) is 34.2 Å². The number of carbonyl (C=O) groups excluding carboxylic acids is 1. The molecule has 0 saturated carbocycles. The van der Waals surface area contributed by atoms with Gasteiger partial charge in [-0.05, 0) is 42.0 Å². The molecule has 0 aliphatic heterocycles. The normalized spacial score (nSPS) is 10.9. The number of rotatable bonds is 6. The van der Waals surface area contributed by atoms with Crippen molar-refractivity contribution in [1.29, 1.82) is 0 Å². The Morgan fingerprint density at radius 1 is 1.20 bits per heavy atom. The van der Waals surface area contributed by atoms with Crippen LogP contribution in [0.1, 0.15) is 15.9 Å². The molecule has 30 heavy (non-hydrogen) atoms. The van der Waals surface area contributed by atoms with E-state index in [0.29, 0.717) is 40.8 Å². The third kappa shape index (κ3) is 4.26. The lowest BCUT2D eigenvalue weighted by molar-refractivity contribution is 0.0962. The van der Waals surface area contributed by atoms with Crippen molar-refractivity contribution in [2.24, 2.45) is 0 Å². The number of aromatic nitrogens is 3. The van der Waals surface area contributed by atoms with Crippen LogP contribution in [0.3, 0.4) is 0 Å². The summed E-state index contributed by atoms with van der Waals surface area (Å²) in [6.45, 7) is 0.420. The van der Waals surface area contributed by atoms with Gasteiger partial charge in [-0.15, -0.1) is 5.10 Å². The quantitative estimate of drug-likeness (QED) is 0.504. The van der Waals surface area contributed by atoms with E-state index in [9.17, 15) is 9.18 Å². The Labute approximate surface area is 177 Å². The van der Waals surface area contributed by atoms with Gasteiger partial charge in [0.2, 0.25) is 5.88 Å². The largest absolute Gasteiger partial charge is 0.476 e. The second-order valence-corrected chi connectivity index (χ2v) is 7.06. The Morgan fingerprint density at radius 2 is 2.07 bits per heavy atom. The van der Waals surface area contributed by atoms with Gasteiger partial charge in [-0.1, -0.05) is 23.7 Å². The van der Waals surface area contributed by atoms with Gasteiger partial charge in [-0.2, -0.15) is 0 Å². The third-order valence-electron chi connectivity index (χ3n) is 4.55. The molecule has 4 aromatic rings. The van der Waals surface area contributed by atoms with Crippen LogP contribution in [0, 0.1) is 5.82 Å². The Bertz CT molecular complexity index is 1220. The summed E-state index contributed by atoms with van der Waals surface area (Å²) in [4.78, 5) is 16.2. The lowest BCUT2D eigenvalue weighted by Gasteiger charge is -2.08. The van der Waals surface area contributed by atoms with Crippen LogP contribution in [0.4, 0.5) is 4.39 Å². The highest BCUT2D eigenvalue weighted by Crippen LogP contribution is 2.24. The molecule has 1 N–H and O–H groups in total. The zero-order chi connectivity index (χ0) is 21.1. The number of nitrogens with one attached hydrogen (secondary N) is 1. The number of amides is 1. The van der Waals surface area contributed by atoms with Crippen molar-refractivity contribution < 1.29 is 13.9 Å². The number of halogens is 2. The van der Waals surface area contributed by atoms with E-state index < -0.39 is 5.82 Å². The molecule has 0 atom stereocenters. The fourth-order valence-electron chi connectivity index (χ4n) is 3.11. The molecule has 0 radical (unpaired) electrons. The molecule has 2 heterocycles. The van der Waals surface area contributed by atoms with Gasteiger partial charge in [0, 0.05) is 35.7 Å². The standard InChI is InChI=1S/C22H18ClFN4O2/c1-25-22(29)16-10-15(11-18(24)12-16)19-13-26-20-5-6-21(27-28(19)20)30-8-7-14-3-2-4-17(23)9-14/h2-6,9-13H,7-8H2,1H3,(H,25,29). The number of hydrogen-bond donors (Lipinski definition) is 1. The van der Waals surface area contributed by atoms with Crippen molar-refractivity contribution in [2.75, 3.05) is 13.7 Å². The van der Waals surface area contributed by atoms with E-state index in [2.05, 4.69) is 15.4 Å². The van der Waals surface area contributed by atoms with Crippen molar-refractivity contribution in [3.8, 4) is 17.1 Å². The van der Waals surface area contributed by atoms with E-state index in [0.717, 1.165) is 5.56 Å². The summed E-state index contributed by atoms with van der Waals surface area (Å²) in [5.41, 5.74) is 2.90. The van der Waals surface area contributed by atoms with Gasteiger partial charge in [0.25, 0.3) is 5.91 Å². The number of hydrogen-bond acceptors (Lipinski definition) is 4. The van der Waals surface area contributed by atoms with Gasteiger partial charge in [0.05, 0.1) is 18.5 Å². The molecular formula is C22H18ClFN4O2. The summed E-state index contributed by atoms with van der Waals surface area (Å²) in [7, 11) is 1.50. The Morgan fingerprint density at radius 3 is 2.87 bits per heavy atom. The number of nitrogens with zero attached hydrogens (tertiary/aromatic N) is 3. The highest BCUT2D eigenvalue weighted by atomic mass is 35.5. The summed E-state index contributed by atoms with van der Waals surface area (Å²) in [5.74, 6) is -0.482. The van der Waals surface area contributed by atoms with E-state index in [1.165, 1.54) is 19.2 Å². The maximum absolute atomic E-state index is 14.1. The number of carbonyl (C=O) groups is 1. The minimum atomic E-state index is -0.519. The van der Waals surface area contributed by atoms with E-state index >= 15 is 0 Å². The number of benzene rings is 2. The lowest BCUT2D eigenvalue weighted by Crippen LogP contribution is -2.18. The molecule has 0 fully saturated rings. The lowest BCUT2D eigenvalue weighted by atomic mass is 10.1. The van der Waals surface area contributed by atoms with Crippen LogP contribution in [0.5, 0.6) is 5.88 Å². The molecule has 0 spiro atoms. The Balaban J connectivity index is 1.59. The average molecular weight is 425 g/mol. The van der Waals surface area contributed by atoms with Crippen LogP contribution in [0.2, 0.25) is 5.02 Å². The van der Waals surface area contributed by atoms with Crippen molar-refractivity contribution in [3.63, 3.8) is 0 Å². The predicted octanol–water partition coefficient (Wildman–Crippen LogP) is 4.17. The average Bonchev–Trinajstić information content (AvgIpc) is 3.16. The molecule has 2 aromatic heterocycles. The molecular weight excluding hydrogens is 407 g/mol. The SMILES string of the molecule is CNC(=O)c1cc(F)cc(-c2cnc3ccc(OCCc4cccc(Cl)c4)nn23)c1. The zero-order valence-electron chi connectivity index (χ0n) is 16.1. The van der Waals surface area contributed by atoms with Gasteiger partial charge >= 0.3 is 0 Å². The highest BCUT2D eigenvalue weighted by Gasteiger charge is 2.13. The molecule has 4 rings (SSSR count). The summed E-state index contributed by atoms with van der Waals surface area (Å²) in [5, 5.41) is 7.64. The fraction of sp³-hybridized carbons (Fsp3) is 0.136. The number of ether oxygens (including phenoxy) is 1. The topological polar surface area (TPSA) is 68.5 Å². The summed E-state index contributed by atoms with van der Waals surface area (Å²) < 4.78 is 21.4. The second kappa shape index (κ2) is 8.51. The minimum Gasteiger partial charge on any atom is -0.476 e. The first-order chi connectivity index (χ1) is 14.5. The first-order valence-corrected chi connectivity index (χ1v) is 9.66. The van der Waals surface area contributed by atoms with Crippen LogP contribution in [0.15, 0.2) is 60.8 Å². The zero-order valence-corrected chi connectivity index (χ0v) is 16.9. The van der Waals surface area contributed by atoms with E-state index in [4.69, 9.17) is 16.3 Å². The van der Waals surface area contributed by atoms with Gasteiger partial charge in [0.15, 0.2) is 5.65 Å². The van der Waals surface area contributed by atoms with Crippen LogP contribution < -0.4 is 10.1 Å². The Hall–Kier alpha value is -3.45. The van der Waals surface area contributed by atoms with Crippen molar-refractivity contribution in [1.82, 2.24) is 19.9 Å². The number of fused-ring (bicyclic) bond motifs is 1. The molecule has 0 aliphatic carbocycles. The highest BCUT2D eigenvalue weighted by molar-refractivity contribution is 6.30. The first-order valence-electron chi connectivity index (χ1n) is 9.28. The van der Waals surface area contributed by atoms with Gasteiger partial charge in [-0.3, -0.25) is 4.79 Å². The van der Waals surface area contributed by atoms with Gasteiger partial charge < -0.3 is 10.1 Å². The molecule has 2 aromatic carbocycles. The van der Waals surface area contributed by atoms with Crippen molar-refractivity contribution >= 4 is 23.2 Å². The van der Waals surface area contributed by atoms with Gasteiger partial charge in [-0.25, -0.2) is 13.9 Å². The first kappa shape index (κ1) is 19.8. The molecule has 0 saturated heterocycles. The summed E-state index contributed by atoms with van der Waals surface area (Å²) >= 11 is 6.01. The summed E-state index contributed by atoms with van der Waals surface area (Å²) in [6.07, 6.45) is 2.26. The Kier molecular flexibility index (Phi) is 5.63. The molecule has 6 nitrogen and oxygen atoms in total. The van der Waals surface area contributed by atoms with Gasteiger partial charge in [0.1, 0.15) is 5.82 Å². The van der Waals surface area contributed by atoms with Crippen molar-refractivity contribution in [3.05, 3.63) is 82.8 Å². The van der Waals surface area contributed by atoms with Crippen LogP contribution >= 0.6 is 11.6 Å². The van der Waals surface area contributed by atoms with Crippen LogP contribution in [0.25, 0.3) is 16.9 Å². The smallest absolute Gasteiger partial charge is 0.251 e. The predicted molar refractivity (Wildman–Crippen MR) is 112 cm³/mol. The van der Waals surface area contributed by atoms with E-state index in [1.807, 2.05) is 24.3 Å². The molecule has 0 aliphatic rings. The molecule has 1 amide bonds. The van der Waals surface area contributed by atoms with Crippen LogP contribution in [-0.2, 0) is 6.42 Å². The maximum atomic E-state index is 14.1. The number of imidazole rings is 1. The monoisotopic (exact) mass is 424 g/mol. The molecule has 0 unspecified atom stereocenters. The second-order valence-electron chi connectivity index (χ2n) is 6.62. The van der Waals surface area contributed by atoms with Crippen molar-refractivity contribution in [2.45, 2.75) is 6.42 Å². The molecule has 152 valence electrons. The van der Waals surface area contributed by atoms with E-state index in [-0.39, 0.29) is 11.5 Å². The van der Waals surface area contributed by atoms with E-state index in [1.54, 1.807) is 28.9 Å². The fourth-order valence-corrected chi connectivity index (χ4v) is 3.32. The molecule has 8 heteroatoms.